The number of nitro benzene ring substituents is 1. The average molecular weight is 364 g/mol. The lowest BCUT2D eigenvalue weighted by molar-refractivity contribution is -0.384. The molecule has 0 aliphatic heterocycles. The van der Waals surface area contributed by atoms with Crippen molar-refractivity contribution in [2.24, 2.45) is 0 Å². The van der Waals surface area contributed by atoms with E-state index in [0.717, 1.165) is 0 Å². The number of rotatable bonds is 7. The first-order valence-corrected chi connectivity index (χ1v) is 8.89. The van der Waals surface area contributed by atoms with Gasteiger partial charge in [-0.25, -0.2) is 8.42 Å². The zero-order chi connectivity index (χ0) is 18.4. The molecule has 25 heavy (non-hydrogen) atoms. The van der Waals surface area contributed by atoms with Crippen LogP contribution in [0.3, 0.4) is 0 Å². The quantitative estimate of drug-likeness (QED) is 0.596. The van der Waals surface area contributed by atoms with Crippen LogP contribution < -0.4 is 10.1 Å². The van der Waals surface area contributed by atoms with Gasteiger partial charge in [0.25, 0.3) is 5.69 Å². The fraction of sp³-hybridized carbons (Fsp3) is 0.188. The maximum atomic E-state index is 12.1. The normalized spacial score (nSPS) is 10.9. The second-order valence-electron chi connectivity index (χ2n) is 5.07. The van der Waals surface area contributed by atoms with Crippen LogP contribution in [-0.4, -0.2) is 32.1 Å². The van der Waals surface area contributed by atoms with Crippen LogP contribution in [0.2, 0.25) is 0 Å². The largest absolute Gasteiger partial charge is 0.496 e. The van der Waals surface area contributed by atoms with Gasteiger partial charge >= 0.3 is 0 Å². The number of anilines is 1. The Balaban J connectivity index is 2.07. The van der Waals surface area contributed by atoms with Gasteiger partial charge in [-0.2, -0.15) is 0 Å². The number of hydrogen-bond donors (Lipinski definition) is 1. The highest BCUT2D eigenvalue weighted by molar-refractivity contribution is 7.91. The molecule has 0 spiro atoms. The topological polar surface area (TPSA) is 116 Å². The fourth-order valence-electron chi connectivity index (χ4n) is 2.08. The summed E-state index contributed by atoms with van der Waals surface area (Å²) in [7, 11) is -2.23. The van der Waals surface area contributed by atoms with Crippen LogP contribution in [0.4, 0.5) is 11.4 Å². The van der Waals surface area contributed by atoms with Crippen molar-refractivity contribution in [1.82, 2.24) is 0 Å². The summed E-state index contributed by atoms with van der Waals surface area (Å²) in [4.78, 5) is 22.5. The number of nitrogens with one attached hydrogen (secondary N) is 1. The molecule has 1 N–H and O–H groups in total. The SMILES string of the molecule is COc1ccc(NC(=O)CCS(=O)(=O)c2ccccc2)c([N+](=O)[O-])c1. The van der Waals surface area contributed by atoms with Gasteiger partial charge in [-0.15, -0.1) is 0 Å². The third-order valence-electron chi connectivity index (χ3n) is 3.38. The van der Waals surface area contributed by atoms with Crippen LogP contribution in [0.25, 0.3) is 0 Å². The molecule has 0 saturated heterocycles. The van der Waals surface area contributed by atoms with E-state index >= 15 is 0 Å². The molecule has 2 rings (SSSR count). The zero-order valence-electron chi connectivity index (χ0n) is 13.3. The number of nitro groups is 1. The number of benzene rings is 2. The Bertz CT molecular complexity index is 881. The summed E-state index contributed by atoms with van der Waals surface area (Å²) in [6, 6.07) is 11.7. The Kier molecular flexibility index (Phi) is 5.71. The van der Waals surface area contributed by atoms with E-state index in [9.17, 15) is 23.3 Å². The Morgan fingerprint density at radius 1 is 1.20 bits per heavy atom. The molecular weight excluding hydrogens is 348 g/mol. The van der Waals surface area contributed by atoms with Crippen molar-refractivity contribution in [2.45, 2.75) is 11.3 Å². The molecule has 0 aliphatic rings. The minimum absolute atomic E-state index is 0.0205. The number of nitrogens with zero attached hydrogens (tertiary/aromatic N) is 1. The number of hydrogen-bond acceptors (Lipinski definition) is 6. The second kappa shape index (κ2) is 7.75. The van der Waals surface area contributed by atoms with E-state index in [0.29, 0.717) is 0 Å². The molecular formula is C16H16N2O6S. The van der Waals surface area contributed by atoms with Crippen molar-refractivity contribution < 1.29 is 22.9 Å². The van der Waals surface area contributed by atoms with E-state index in [2.05, 4.69) is 5.32 Å². The van der Waals surface area contributed by atoms with E-state index < -0.39 is 26.4 Å². The van der Waals surface area contributed by atoms with Gasteiger partial charge in [-0.05, 0) is 24.3 Å². The second-order valence-corrected chi connectivity index (χ2v) is 7.18. The van der Waals surface area contributed by atoms with E-state index in [1.54, 1.807) is 18.2 Å². The zero-order valence-corrected chi connectivity index (χ0v) is 14.2. The van der Waals surface area contributed by atoms with Crippen molar-refractivity contribution in [3.8, 4) is 5.75 Å². The molecule has 0 bridgehead atoms. The lowest BCUT2D eigenvalue weighted by Gasteiger charge is -2.08. The van der Waals surface area contributed by atoms with Crippen LogP contribution >= 0.6 is 0 Å². The van der Waals surface area contributed by atoms with Crippen molar-refractivity contribution in [3.05, 3.63) is 58.6 Å². The predicted molar refractivity (Wildman–Crippen MR) is 91.4 cm³/mol. The lowest BCUT2D eigenvalue weighted by Crippen LogP contribution is -2.18. The van der Waals surface area contributed by atoms with Gasteiger partial charge in [-0.3, -0.25) is 14.9 Å². The molecule has 2 aromatic carbocycles. The molecule has 0 fully saturated rings. The van der Waals surface area contributed by atoms with E-state index in [1.807, 2.05) is 0 Å². The first kappa shape index (κ1) is 18.4. The highest BCUT2D eigenvalue weighted by atomic mass is 32.2. The van der Waals surface area contributed by atoms with E-state index in [-0.39, 0.29) is 28.4 Å². The van der Waals surface area contributed by atoms with Crippen LogP contribution in [0.5, 0.6) is 5.75 Å². The van der Waals surface area contributed by atoms with Gasteiger partial charge in [0, 0.05) is 6.42 Å². The van der Waals surface area contributed by atoms with Gasteiger partial charge in [0.05, 0.1) is 28.7 Å². The Morgan fingerprint density at radius 3 is 2.48 bits per heavy atom. The number of carbonyl (C=O) groups is 1. The molecule has 0 radical (unpaired) electrons. The molecule has 2 aromatic rings. The van der Waals surface area contributed by atoms with Gasteiger partial charge in [0.1, 0.15) is 11.4 Å². The molecule has 0 atom stereocenters. The highest BCUT2D eigenvalue weighted by Gasteiger charge is 2.20. The molecule has 0 aliphatic carbocycles. The molecule has 0 aromatic heterocycles. The summed E-state index contributed by atoms with van der Waals surface area (Å²) >= 11 is 0. The maximum Gasteiger partial charge on any atom is 0.296 e. The minimum Gasteiger partial charge on any atom is -0.496 e. The Labute approximate surface area is 144 Å². The minimum atomic E-state index is -3.60. The van der Waals surface area contributed by atoms with Crippen LogP contribution in [-0.2, 0) is 14.6 Å². The first-order chi connectivity index (χ1) is 11.8. The molecule has 0 heterocycles. The summed E-state index contributed by atoms with van der Waals surface area (Å²) in [6.45, 7) is 0. The molecule has 1 amide bonds. The third-order valence-corrected chi connectivity index (χ3v) is 5.11. The third kappa shape index (κ3) is 4.77. The van der Waals surface area contributed by atoms with Gasteiger partial charge < -0.3 is 10.1 Å². The van der Waals surface area contributed by atoms with Crippen molar-refractivity contribution in [2.75, 3.05) is 18.2 Å². The van der Waals surface area contributed by atoms with Gasteiger partial charge in [-0.1, -0.05) is 18.2 Å². The van der Waals surface area contributed by atoms with Crippen molar-refractivity contribution in [1.29, 1.82) is 0 Å². The van der Waals surface area contributed by atoms with Gasteiger partial charge in [0.15, 0.2) is 9.84 Å². The summed E-state index contributed by atoms with van der Waals surface area (Å²) in [5.41, 5.74) is -0.355. The van der Waals surface area contributed by atoms with E-state index in [1.165, 1.54) is 37.4 Å². The van der Waals surface area contributed by atoms with Crippen LogP contribution in [0.1, 0.15) is 6.42 Å². The molecule has 0 unspecified atom stereocenters. The monoisotopic (exact) mass is 364 g/mol. The number of sulfone groups is 1. The highest BCUT2D eigenvalue weighted by Crippen LogP contribution is 2.29. The Morgan fingerprint density at radius 2 is 1.88 bits per heavy atom. The fourth-order valence-corrected chi connectivity index (χ4v) is 3.34. The van der Waals surface area contributed by atoms with E-state index in [4.69, 9.17) is 4.74 Å². The molecule has 0 saturated carbocycles. The number of ether oxygens (including phenoxy) is 1. The van der Waals surface area contributed by atoms with Crippen LogP contribution in [0.15, 0.2) is 53.4 Å². The lowest BCUT2D eigenvalue weighted by atomic mass is 10.2. The smallest absolute Gasteiger partial charge is 0.296 e. The molecule has 9 heteroatoms. The summed E-state index contributed by atoms with van der Waals surface area (Å²) in [5.74, 6) is -0.753. The summed E-state index contributed by atoms with van der Waals surface area (Å²) in [5, 5.41) is 13.4. The van der Waals surface area contributed by atoms with Crippen molar-refractivity contribution in [3.63, 3.8) is 0 Å². The van der Waals surface area contributed by atoms with Crippen molar-refractivity contribution >= 4 is 27.1 Å². The maximum absolute atomic E-state index is 12.1. The molecule has 8 nitrogen and oxygen atoms in total. The first-order valence-electron chi connectivity index (χ1n) is 7.23. The predicted octanol–water partition coefficient (Wildman–Crippen LogP) is 2.41. The van der Waals surface area contributed by atoms with Crippen LogP contribution in [0, 0.1) is 10.1 Å². The Hall–Kier alpha value is -2.94. The number of amides is 1. The summed E-state index contributed by atoms with van der Waals surface area (Å²) in [6.07, 6.45) is -0.319. The molecule has 132 valence electrons. The standard InChI is InChI=1S/C16H16N2O6S/c1-24-12-7-8-14(15(11-12)18(20)21)17-16(19)9-10-25(22,23)13-5-3-2-4-6-13/h2-8,11H,9-10H2,1H3,(H,17,19). The van der Waals surface area contributed by atoms with Gasteiger partial charge in [0.2, 0.25) is 5.91 Å². The summed E-state index contributed by atoms with van der Waals surface area (Å²) < 4.78 is 29.2. The average Bonchev–Trinajstić information content (AvgIpc) is 2.61. The number of carbonyl (C=O) groups excluding carboxylic acids is 1. The number of methoxy groups -OCH3 is 1.